The second-order valence-electron chi connectivity index (χ2n) is 12.6. The molecule has 4 aliphatic heterocycles. The van der Waals surface area contributed by atoms with Gasteiger partial charge < -0.3 is 30.3 Å². The van der Waals surface area contributed by atoms with Crippen LogP contribution in [0.3, 0.4) is 0 Å². The summed E-state index contributed by atoms with van der Waals surface area (Å²) in [5, 5.41) is 21.2. The molecule has 9 nitrogen and oxygen atoms in total. The first-order chi connectivity index (χ1) is 19.3. The lowest BCUT2D eigenvalue weighted by Crippen LogP contribution is -2.44. The fraction of sp³-hybridized carbons (Fsp3) is 0.667. The van der Waals surface area contributed by atoms with Gasteiger partial charge in [-0.05, 0) is 74.8 Å². The first kappa shape index (κ1) is 26.4. The number of aliphatic hydroxyl groups is 2. The number of hydrogen-bond donors (Lipinski definition) is 3. The largest absolute Gasteiger partial charge is 0.461 e. The highest BCUT2D eigenvalue weighted by molar-refractivity contribution is 5.54. The smallest absolute Gasteiger partial charge is 0.318 e. The second kappa shape index (κ2) is 10.1. The number of halogens is 1. The van der Waals surface area contributed by atoms with Crippen molar-refractivity contribution >= 4 is 11.5 Å². The summed E-state index contributed by atoms with van der Waals surface area (Å²) >= 11 is 0. The molecule has 0 saturated carbocycles. The fourth-order valence-electron chi connectivity index (χ4n) is 7.89. The maximum Gasteiger partial charge on any atom is 0.318 e. The Balaban J connectivity index is 1.26. The zero-order valence-corrected chi connectivity index (χ0v) is 23.0. The van der Waals surface area contributed by atoms with Gasteiger partial charge in [0.05, 0.1) is 35.6 Å². The number of aryl methyl sites for hydroxylation is 1. The van der Waals surface area contributed by atoms with Crippen molar-refractivity contribution in [3.05, 3.63) is 40.6 Å². The predicted octanol–water partition coefficient (Wildman–Crippen LogP) is 2.64. The van der Waals surface area contributed by atoms with Crippen LogP contribution in [0.1, 0.15) is 67.3 Å². The van der Waals surface area contributed by atoms with Crippen molar-refractivity contribution in [2.75, 3.05) is 43.4 Å². The van der Waals surface area contributed by atoms with Crippen LogP contribution in [0, 0.1) is 0 Å². The van der Waals surface area contributed by atoms with E-state index in [1.54, 1.807) is 0 Å². The Bertz CT molecular complexity index is 1270. The summed E-state index contributed by atoms with van der Waals surface area (Å²) in [7, 11) is 0. The summed E-state index contributed by atoms with van der Waals surface area (Å²) in [6, 6.07) is 6.37. The van der Waals surface area contributed by atoms with Crippen LogP contribution in [0.5, 0.6) is 6.01 Å². The highest BCUT2D eigenvalue weighted by Crippen LogP contribution is 2.47. The molecule has 5 aliphatic rings. The molecule has 10 heteroatoms. The number of benzene rings is 1. The van der Waals surface area contributed by atoms with Gasteiger partial charge in [-0.1, -0.05) is 6.07 Å². The molecule has 1 aromatic heterocycles. The molecule has 3 fully saturated rings. The molecule has 4 N–H and O–H groups in total. The Kier molecular flexibility index (Phi) is 6.65. The molecule has 40 heavy (non-hydrogen) atoms. The number of hydrogen-bond acceptors (Lipinski definition) is 9. The molecule has 5 atom stereocenters. The Morgan fingerprint density at radius 1 is 1.10 bits per heavy atom. The minimum Gasteiger partial charge on any atom is -0.461 e. The van der Waals surface area contributed by atoms with Crippen molar-refractivity contribution in [1.29, 1.82) is 0 Å². The maximum absolute atomic E-state index is 14.4. The number of aliphatic hydroxyl groups excluding tert-OH is 2. The zero-order chi connectivity index (χ0) is 27.5. The topological polar surface area (TPSA) is 117 Å². The minimum atomic E-state index is -0.834. The SMILES string of the molecule is Nc1ccc2c(c1)C1(CCC2)Cc2nc(OC[C@@]34CCCN3C[C@H](F)C4)nc(N3C[C@H](O)CC[C@H](O)C3)c2CO1. The molecule has 216 valence electrons. The lowest BCUT2D eigenvalue weighted by molar-refractivity contribution is -0.0855. The summed E-state index contributed by atoms with van der Waals surface area (Å²) in [5.74, 6) is 0.647. The van der Waals surface area contributed by atoms with Gasteiger partial charge in [0.25, 0.3) is 0 Å². The number of aromatic nitrogens is 2. The van der Waals surface area contributed by atoms with Crippen LogP contribution in [0.25, 0.3) is 0 Å². The molecule has 0 bridgehead atoms. The van der Waals surface area contributed by atoms with Crippen LogP contribution in [0.15, 0.2) is 18.2 Å². The summed E-state index contributed by atoms with van der Waals surface area (Å²) in [5.41, 5.74) is 10.2. The highest BCUT2D eigenvalue weighted by atomic mass is 19.1. The van der Waals surface area contributed by atoms with E-state index in [1.165, 1.54) is 5.56 Å². The number of nitrogens with two attached hydrogens (primary N) is 1. The summed E-state index contributed by atoms with van der Waals surface area (Å²) in [6.07, 6.45) is 4.97. The molecule has 0 radical (unpaired) electrons. The number of anilines is 2. The van der Waals surface area contributed by atoms with E-state index in [0.29, 0.717) is 64.3 Å². The molecule has 0 amide bonds. The van der Waals surface area contributed by atoms with Crippen LogP contribution in [-0.4, -0.2) is 81.8 Å². The van der Waals surface area contributed by atoms with Gasteiger partial charge in [0.2, 0.25) is 0 Å². The molecular weight excluding hydrogens is 513 g/mol. The highest BCUT2D eigenvalue weighted by Gasteiger charge is 2.50. The van der Waals surface area contributed by atoms with Crippen molar-refractivity contribution in [1.82, 2.24) is 14.9 Å². The van der Waals surface area contributed by atoms with E-state index in [4.69, 9.17) is 25.2 Å². The van der Waals surface area contributed by atoms with Crippen molar-refractivity contribution < 1.29 is 24.1 Å². The van der Waals surface area contributed by atoms with Gasteiger partial charge in [0, 0.05) is 43.7 Å². The van der Waals surface area contributed by atoms with Crippen LogP contribution < -0.4 is 15.4 Å². The molecule has 2 aromatic rings. The summed E-state index contributed by atoms with van der Waals surface area (Å²) in [6.45, 7) is 2.76. The monoisotopic (exact) mass is 553 g/mol. The predicted molar refractivity (Wildman–Crippen MR) is 148 cm³/mol. The third kappa shape index (κ3) is 4.62. The van der Waals surface area contributed by atoms with Crippen molar-refractivity contribution in [3.63, 3.8) is 0 Å². The summed E-state index contributed by atoms with van der Waals surface area (Å²) in [4.78, 5) is 14.0. The molecule has 1 spiro atoms. The summed E-state index contributed by atoms with van der Waals surface area (Å²) < 4.78 is 27.5. The lowest BCUT2D eigenvalue weighted by Gasteiger charge is -2.43. The molecule has 5 heterocycles. The molecule has 1 unspecified atom stereocenters. The van der Waals surface area contributed by atoms with Crippen molar-refractivity contribution in [3.8, 4) is 6.01 Å². The van der Waals surface area contributed by atoms with Gasteiger partial charge in [-0.15, -0.1) is 0 Å². The van der Waals surface area contributed by atoms with E-state index in [0.717, 1.165) is 61.2 Å². The number of fused-ring (bicyclic) bond motifs is 4. The van der Waals surface area contributed by atoms with Crippen LogP contribution >= 0.6 is 0 Å². The third-order valence-corrected chi connectivity index (χ3v) is 9.87. The van der Waals surface area contributed by atoms with E-state index in [2.05, 4.69) is 11.0 Å². The standard InChI is InChI=1S/C30H40FN5O4/c31-20-12-29(8-2-10-36(29)14-20)18-39-28-33-26-13-30(9-1-3-19-4-5-21(32)11-25(19)30)40-17-24(26)27(34-28)35-15-22(37)6-7-23(38)16-35/h4-5,11,20,22-23,37-38H,1-3,6-10,12-18,32H2/t20-,22-,23+,29+,30?/m1/s1. The van der Waals surface area contributed by atoms with Gasteiger partial charge in [0.1, 0.15) is 18.6 Å². The van der Waals surface area contributed by atoms with E-state index >= 15 is 0 Å². The van der Waals surface area contributed by atoms with E-state index in [9.17, 15) is 14.6 Å². The van der Waals surface area contributed by atoms with Crippen LogP contribution in [-0.2, 0) is 29.8 Å². The molecular formula is C30H40FN5O4. The van der Waals surface area contributed by atoms with Crippen LogP contribution in [0.2, 0.25) is 0 Å². The van der Waals surface area contributed by atoms with Gasteiger partial charge >= 0.3 is 6.01 Å². The number of ether oxygens (including phenoxy) is 2. The normalized spacial score (nSPS) is 33.9. The van der Waals surface area contributed by atoms with E-state index < -0.39 is 24.0 Å². The second-order valence-corrected chi connectivity index (χ2v) is 12.6. The number of alkyl halides is 1. The number of rotatable bonds is 4. The number of nitrogens with zero attached hydrogens (tertiary/aromatic N) is 4. The van der Waals surface area contributed by atoms with Crippen molar-refractivity contribution in [2.45, 2.75) is 93.9 Å². The lowest BCUT2D eigenvalue weighted by atomic mass is 9.74. The fourth-order valence-corrected chi connectivity index (χ4v) is 7.89. The Hall–Kier alpha value is -2.53. The van der Waals surface area contributed by atoms with Gasteiger partial charge in [-0.2, -0.15) is 9.97 Å². The van der Waals surface area contributed by atoms with E-state index in [-0.39, 0.29) is 11.5 Å². The third-order valence-electron chi connectivity index (χ3n) is 9.87. The number of β-amino-alcohol motifs (C(OH)–C–C–N with tert-alkyl or cyclic N) is 2. The Morgan fingerprint density at radius 2 is 1.93 bits per heavy atom. The average molecular weight is 554 g/mol. The van der Waals surface area contributed by atoms with Crippen LogP contribution in [0.4, 0.5) is 15.9 Å². The molecule has 1 aliphatic carbocycles. The Labute approximate surface area is 234 Å². The first-order valence-corrected chi connectivity index (χ1v) is 14.9. The number of nitrogen functional groups attached to an aromatic ring is 1. The molecule has 7 rings (SSSR count). The van der Waals surface area contributed by atoms with Crippen molar-refractivity contribution in [2.24, 2.45) is 0 Å². The average Bonchev–Trinajstić information content (AvgIpc) is 3.39. The molecule has 1 aromatic carbocycles. The van der Waals surface area contributed by atoms with Gasteiger partial charge in [-0.3, -0.25) is 4.90 Å². The maximum atomic E-state index is 14.4. The quantitative estimate of drug-likeness (QED) is 0.491. The zero-order valence-electron chi connectivity index (χ0n) is 23.0. The van der Waals surface area contributed by atoms with E-state index in [1.807, 2.05) is 17.0 Å². The molecule has 3 saturated heterocycles. The first-order valence-electron chi connectivity index (χ1n) is 14.9. The van der Waals surface area contributed by atoms with Gasteiger partial charge in [-0.25, -0.2) is 4.39 Å². The minimum absolute atomic E-state index is 0.270. The van der Waals surface area contributed by atoms with Gasteiger partial charge in [0.15, 0.2) is 0 Å². The Morgan fingerprint density at radius 3 is 2.75 bits per heavy atom.